The largest absolute Gasteiger partial charge is 0.379 e. The summed E-state index contributed by atoms with van der Waals surface area (Å²) in [6.45, 7) is 6.05. The first-order valence-electron chi connectivity index (χ1n) is 7.19. The van der Waals surface area contributed by atoms with Crippen molar-refractivity contribution in [3.8, 4) is 0 Å². The molecular formula is C14H20BrN3O2. The second-order valence-corrected chi connectivity index (χ2v) is 6.11. The van der Waals surface area contributed by atoms with E-state index in [0.717, 1.165) is 57.0 Å². The van der Waals surface area contributed by atoms with Crippen molar-refractivity contribution in [2.24, 2.45) is 0 Å². The molecule has 6 heteroatoms. The van der Waals surface area contributed by atoms with Crippen molar-refractivity contribution in [1.29, 1.82) is 0 Å². The molecule has 0 bridgehead atoms. The van der Waals surface area contributed by atoms with Gasteiger partial charge >= 0.3 is 0 Å². The Morgan fingerprint density at radius 2 is 2.20 bits per heavy atom. The zero-order valence-electron chi connectivity index (χ0n) is 11.5. The summed E-state index contributed by atoms with van der Waals surface area (Å²) in [5.74, 6) is 0.187. The summed E-state index contributed by atoms with van der Waals surface area (Å²) >= 11 is 3.52. The highest BCUT2D eigenvalue weighted by atomic mass is 79.9. The van der Waals surface area contributed by atoms with Gasteiger partial charge in [0.2, 0.25) is 5.91 Å². The standard InChI is InChI=1S/C14H20BrN3O2/c15-13-9-11-10-16-3-1-12(11)18(13)14(19)2-4-17-5-7-20-8-6-17/h9,16H,1-8,10H2. The second kappa shape index (κ2) is 6.39. The number of ether oxygens (including phenoxy) is 1. The smallest absolute Gasteiger partial charge is 0.233 e. The number of hydrogen-bond donors (Lipinski definition) is 1. The summed E-state index contributed by atoms with van der Waals surface area (Å²) in [7, 11) is 0. The van der Waals surface area contributed by atoms with Crippen LogP contribution in [0.5, 0.6) is 0 Å². The molecule has 1 fully saturated rings. The molecule has 0 saturated carbocycles. The summed E-state index contributed by atoms with van der Waals surface area (Å²) in [6.07, 6.45) is 1.48. The van der Waals surface area contributed by atoms with E-state index in [1.165, 1.54) is 11.3 Å². The lowest BCUT2D eigenvalue weighted by atomic mass is 10.1. The number of halogens is 1. The number of hydrogen-bond acceptors (Lipinski definition) is 4. The Kier molecular flexibility index (Phi) is 4.55. The van der Waals surface area contributed by atoms with Gasteiger partial charge in [-0.15, -0.1) is 0 Å². The molecule has 110 valence electrons. The maximum Gasteiger partial charge on any atom is 0.233 e. The van der Waals surface area contributed by atoms with Crippen LogP contribution in [0.2, 0.25) is 0 Å². The molecule has 0 radical (unpaired) electrons. The van der Waals surface area contributed by atoms with Crippen molar-refractivity contribution in [3.63, 3.8) is 0 Å². The molecule has 1 N–H and O–H groups in total. The molecule has 0 amide bonds. The fourth-order valence-electron chi connectivity index (χ4n) is 2.88. The van der Waals surface area contributed by atoms with E-state index in [0.29, 0.717) is 6.42 Å². The lowest BCUT2D eigenvalue weighted by Gasteiger charge is -2.26. The van der Waals surface area contributed by atoms with E-state index in [9.17, 15) is 4.79 Å². The molecule has 3 heterocycles. The molecule has 0 atom stereocenters. The third-order valence-corrected chi connectivity index (χ3v) is 4.58. The Bertz CT molecular complexity index is 495. The molecule has 1 aromatic rings. The Morgan fingerprint density at radius 3 is 3.00 bits per heavy atom. The van der Waals surface area contributed by atoms with Crippen LogP contribution in [0, 0.1) is 0 Å². The van der Waals surface area contributed by atoms with Crippen molar-refractivity contribution < 1.29 is 9.53 Å². The predicted octanol–water partition coefficient (Wildman–Crippen LogP) is 1.26. The molecule has 0 aliphatic carbocycles. The number of nitrogens with one attached hydrogen (secondary N) is 1. The van der Waals surface area contributed by atoms with Crippen molar-refractivity contribution >= 4 is 21.8 Å². The van der Waals surface area contributed by atoms with E-state index in [1.54, 1.807) is 0 Å². The predicted molar refractivity (Wildman–Crippen MR) is 80.0 cm³/mol. The molecule has 3 rings (SSSR count). The number of carbonyl (C=O) groups excluding carboxylic acids is 1. The fourth-order valence-corrected chi connectivity index (χ4v) is 3.57. The first-order valence-corrected chi connectivity index (χ1v) is 7.98. The molecule has 5 nitrogen and oxygen atoms in total. The van der Waals surface area contributed by atoms with Crippen molar-refractivity contribution in [2.45, 2.75) is 19.4 Å². The Labute approximate surface area is 127 Å². The molecule has 2 aliphatic heterocycles. The van der Waals surface area contributed by atoms with E-state index in [2.05, 4.69) is 32.2 Å². The molecule has 1 aromatic heterocycles. The van der Waals surface area contributed by atoms with Crippen LogP contribution < -0.4 is 5.32 Å². The lowest BCUT2D eigenvalue weighted by molar-refractivity contribution is 0.0363. The normalized spacial score (nSPS) is 19.9. The minimum absolute atomic E-state index is 0.187. The fraction of sp³-hybridized carbons (Fsp3) is 0.643. The van der Waals surface area contributed by atoms with Gasteiger partial charge in [-0.25, -0.2) is 0 Å². The SMILES string of the molecule is O=C(CCN1CCOCC1)n1c(Br)cc2c1CCNC2. The van der Waals surface area contributed by atoms with Gasteiger partial charge in [-0.1, -0.05) is 0 Å². The van der Waals surface area contributed by atoms with Crippen molar-refractivity contribution in [3.05, 3.63) is 21.9 Å². The van der Waals surface area contributed by atoms with Crippen LogP contribution in [0.15, 0.2) is 10.7 Å². The first kappa shape index (κ1) is 14.3. The van der Waals surface area contributed by atoms with Crippen LogP contribution in [-0.2, 0) is 17.7 Å². The Balaban J connectivity index is 1.66. The molecule has 20 heavy (non-hydrogen) atoms. The molecular weight excluding hydrogens is 322 g/mol. The molecule has 0 unspecified atom stereocenters. The number of fused-ring (bicyclic) bond motifs is 1. The zero-order valence-corrected chi connectivity index (χ0v) is 13.1. The minimum Gasteiger partial charge on any atom is -0.379 e. The van der Waals surface area contributed by atoms with Gasteiger partial charge in [0, 0.05) is 51.3 Å². The average molecular weight is 342 g/mol. The summed E-state index contributed by atoms with van der Waals surface area (Å²) in [4.78, 5) is 14.8. The van der Waals surface area contributed by atoms with Crippen LogP contribution in [0.4, 0.5) is 0 Å². The maximum absolute atomic E-state index is 12.5. The van der Waals surface area contributed by atoms with Gasteiger partial charge in [-0.05, 0) is 27.6 Å². The van der Waals surface area contributed by atoms with E-state index in [1.807, 2.05) is 4.57 Å². The van der Waals surface area contributed by atoms with Crippen molar-refractivity contribution in [1.82, 2.24) is 14.8 Å². The summed E-state index contributed by atoms with van der Waals surface area (Å²) in [5, 5.41) is 3.34. The molecule has 2 aliphatic rings. The summed E-state index contributed by atoms with van der Waals surface area (Å²) in [5.41, 5.74) is 2.41. The maximum atomic E-state index is 12.5. The molecule has 0 spiro atoms. The van der Waals surface area contributed by atoms with Gasteiger partial charge in [-0.3, -0.25) is 14.3 Å². The highest BCUT2D eigenvalue weighted by Crippen LogP contribution is 2.24. The van der Waals surface area contributed by atoms with Gasteiger partial charge in [0.05, 0.1) is 17.8 Å². The van der Waals surface area contributed by atoms with Crippen LogP contribution in [-0.4, -0.2) is 54.8 Å². The van der Waals surface area contributed by atoms with E-state index in [4.69, 9.17) is 4.74 Å². The van der Waals surface area contributed by atoms with Crippen LogP contribution in [0.25, 0.3) is 0 Å². The topological polar surface area (TPSA) is 46.5 Å². The van der Waals surface area contributed by atoms with E-state index < -0.39 is 0 Å². The van der Waals surface area contributed by atoms with E-state index in [-0.39, 0.29) is 5.91 Å². The van der Waals surface area contributed by atoms with Gasteiger partial charge in [0.1, 0.15) is 0 Å². The second-order valence-electron chi connectivity index (χ2n) is 5.30. The zero-order chi connectivity index (χ0) is 13.9. The van der Waals surface area contributed by atoms with Crippen molar-refractivity contribution in [2.75, 3.05) is 39.4 Å². The van der Waals surface area contributed by atoms with Gasteiger partial charge < -0.3 is 10.1 Å². The summed E-state index contributed by atoms with van der Waals surface area (Å²) in [6, 6.07) is 2.06. The number of nitrogens with zero attached hydrogens (tertiary/aromatic N) is 2. The monoisotopic (exact) mass is 341 g/mol. The average Bonchev–Trinajstić information content (AvgIpc) is 2.82. The highest BCUT2D eigenvalue weighted by Gasteiger charge is 2.21. The number of aromatic nitrogens is 1. The Hall–Kier alpha value is -0.690. The van der Waals surface area contributed by atoms with Gasteiger partial charge in [-0.2, -0.15) is 0 Å². The molecule has 0 aromatic carbocycles. The minimum atomic E-state index is 0.187. The first-order chi connectivity index (χ1) is 9.75. The summed E-state index contributed by atoms with van der Waals surface area (Å²) < 4.78 is 8.07. The highest BCUT2D eigenvalue weighted by molar-refractivity contribution is 9.10. The van der Waals surface area contributed by atoms with Crippen LogP contribution >= 0.6 is 15.9 Å². The van der Waals surface area contributed by atoms with Crippen LogP contribution in [0.1, 0.15) is 22.5 Å². The third kappa shape index (κ3) is 2.98. The number of carbonyl (C=O) groups is 1. The van der Waals surface area contributed by atoms with Gasteiger partial charge in [0.15, 0.2) is 0 Å². The van der Waals surface area contributed by atoms with Gasteiger partial charge in [0.25, 0.3) is 0 Å². The third-order valence-electron chi connectivity index (χ3n) is 4.00. The van der Waals surface area contributed by atoms with Crippen LogP contribution in [0.3, 0.4) is 0 Å². The van der Waals surface area contributed by atoms with E-state index >= 15 is 0 Å². The number of morpholine rings is 1. The number of rotatable bonds is 3. The Morgan fingerprint density at radius 1 is 1.40 bits per heavy atom. The lowest BCUT2D eigenvalue weighted by Crippen LogP contribution is -2.38. The quantitative estimate of drug-likeness (QED) is 0.899. The molecule has 1 saturated heterocycles.